The van der Waals surface area contributed by atoms with Crippen LogP contribution in [0, 0.1) is 5.92 Å². The second-order valence-corrected chi connectivity index (χ2v) is 3.04. The van der Waals surface area contributed by atoms with Crippen molar-refractivity contribution >= 4 is 11.9 Å². The Morgan fingerprint density at radius 2 is 1.79 bits per heavy atom. The summed E-state index contributed by atoms with van der Waals surface area (Å²) in [5.74, 6) is -3.76. The van der Waals surface area contributed by atoms with Crippen LogP contribution >= 0.6 is 0 Å². The van der Waals surface area contributed by atoms with E-state index in [4.69, 9.17) is 10.2 Å². The summed E-state index contributed by atoms with van der Waals surface area (Å²) in [7, 11) is 0. The minimum atomic E-state index is -1.26. The van der Waals surface area contributed by atoms with Crippen LogP contribution in [0.2, 0.25) is 0 Å². The summed E-state index contributed by atoms with van der Waals surface area (Å²) >= 11 is 0. The van der Waals surface area contributed by atoms with Gasteiger partial charge in [-0.05, 0) is 25.7 Å². The van der Waals surface area contributed by atoms with E-state index >= 15 is 0 Å². The Morgan fingerprint density at radius 3 is 2.21 bits per heavy atom. The first-order valence-corrected chi connectivity index (χ1v) is 4.70. The first-order chi connectivity index (χ1) is 6.59. The Balaban J connectivity index is 3.78. The molecule has 2 N–H and O–H groups in total. The maximum Gasteiger partial charge on any atom is 0.317 e. The Hall–Kier alpha value is -1.32. The van der Waals surface area contributed by atoms with Gasteiger partial charge in [-0.3, -0.25) is 9.59 Å². The lowest BCUT2D eigenvalue weighted by Gasteiger charge is -2.04. The summed E-state index contributed by atoms with van der Waals surface area (Å²) in [6.07, 6.45) is 6.40. The summed E-state index contributed by atoms with van der Waals surface area (Å²) in [5.41, 5.74) is 0. The summed E-state index contributed by atoms with van der Waals surface area (Å²) in [5, 5.41) is 17.1. The van der Waals surface area contributed by atoms with Crippen LogP contribution in [0.1, 0.15) is 32.6 Å². The molecule has 0 aliphatic rings. The first kappa shape index (κ1) is 12.7. The lowest BCUT2D eigenvalue weighted by Crippen LogP contribution is -2.23. The SMILES string of the molecule is CCC=CCCCC(C(=O)O)C(=O)O. The molecule has 0 aliphatic carbocycles. The van der Waals surface area contributed by atoms with Crippen molar-refractivity contribution in [2.75, 3.05) is 0 Å². The molecule has 0 aromatic carbocycles. The number of carboxylic acids is 2. The molecule has 0 spiro atoms. The van der Waals surface area contributed by atoms with Crippen LogP contribution in [0.4, 0.5) is 0 Å². The van der Waals surface area contributed by atoms with Crippen LogP contribution < -0.4 is 0 Å². The van der Waals surface area contributed by atoms with Crippen LogP contribution in [0.3, 0.4) is 0 Å². The van der Waals surface area contributed by atoms with Crippen molar-refractivity contribution in [1.82, 2.24) is 0 Å². The Labute approximate surface area is 83.2 Å². The van der Waals surface area contributed by atoms with Gasteiger partial charge >= 0.3 is 11.9 Å². The summed E-state index contributed by atoms with van der Waals surface area (Å²) in [4.78, 5) is 20.9. The zero-order valence-electron chi connectivity index (χ0n) is 8.27. The molecule has 0 aromatic heterocycles. The maximum absolute atomic E-state index is 10.5. The molecule has 0 radical (unpaired) electrons. The van der Waals surface area contributed by atoms with Crippen molar-refractivity contribution in [3.8, 4) is 0 Å². The van der Waals surface area contributed by atoms with E-state index in [0.29, 0.717) is 6.42 Å². The zero-order chi connectivity index (χ0) is 11.0. The highest BCUT2D eigenvalue weighted by molar-refractivity contribution is 5.92. The summed E-state index contributed by atoms with van der Waals surface area (Å²) in [6, 6.07) is 0. The van der Waals surface area contributed by atoms with Gasteiger partial charge < -0.3 is 10.2 Å². The third kappa shape index (κ3) is 5.35. The van der Waals surface area contributed by atoms with E-state index in [1.165, 1.54) is 0 Å². The van der Waals surface area contributed by atoms with Crippen molar-refractivity contribution in [3.63, 3.8) is 0 Å². The lowest BCUT2D eigenvalue weighted by molar-refractivity contribution is -0.154. The molecular formula is C10H16O4. The van der Waals surface area contributed by atoms with Gasteiger partial charge in [0.15, 0.2) is 5.92 Å². The lowest BCUT2D eigenvalue weighted by atomic mass is 10.0. The van der Waals surface area contributed by atoms with E-state index in [-0.39, 0.29) is 6.42 Å². The first-order valence-electron chi connectivity index (χ1n) is 4.70. The van der Waals surface area contributed by atoms with E-state index in [1.54, 1.807) is 0 Å². The van der Waals surface area contributed by atoms with Gasteiger partial charge in [-0.25, -0.2) is 0 Å². The molecular weight excluding hydrogens is 184 g/mol. The quantitative estimate of drug-likeness (QED) is 0.374. The largest absolute Gasteiger partial charge is 0.481 e. The molecule has 0 saturated heterocycles. The van der Waals surface area contributed by atoms with Crippen LogP contribution in [0.5, 0.6) is 0 Å². The molecule has 80 valence electrons. The predicted molar refractivity (Wildman–Crippen MR) is 52.0 cm³/mol. The van der Waals surface area contributed by atoms with E-state index in [9.17, 15) is 9.59 Å². The van der Waals surface area contributed by atoms with E-state index in [0.717, 1.165) is 12.8 Å². The molecule has 0 heterocycles. The molecule has 0 unspecified atom stereocenters. The van der Waals surface area contributed by atoms with Crippen LogP contribution in [-0.4, -0.2) is 22.2 Å². The fourth-order valence-electron chi connectivity index (χ4n) is 1.08. The molecule has 0 atom stereocenters. The van der Waals surface area contributed by atoms with Crippen molar-refractivity contribution in [2.45, 2.75) is 32.6 Å². The number of unbranched alkanes of at least 4 members (excludes halogenated alkanes) is 1. The summed E-state index contributed by atoms with van der Waals surface area (Å²) in [6.45, 7) is 2.01. The zero-order valence-corrected chi connectivity index (χ0v) is 8.27. The highest BCUT2D eigenvalue weighted by Crippen LogP contribution is 2.09. The third-order valence-electron chi connectivity index (χ3n) is 1.86. The minimum absolute atomic E-state index is 0.193. The Morgan fingerprint density at radius 1 is 1.21 bits per heavy atom. The van der Waals surface area contributed by atoms with Gasteiger partial charge in [-0.1, -0.05) is 19.1 Å². The number of carbonyl (C=O) groups is 2. The average molecular weight is 200 g/mol. The van der Waals surface area contributed by atoms with Crippen molar-refractivity contribution in [2.24, 2.45) is 5.92 Å². The highest BCUT2D eigenvalue weighted by Gasteiger charge is 2.24. The molecule has 0 saturated carbocycles. The van der Waals surface area contributed by atoms with Crippen LogP contribution in [-0.2, 0) is 9.59 Å². The number of rotatable bonds is 7. The number of carboxylic acid groups (broad SMARTS) is 2. The second-order valence-electron chi connectivity index (χ2n) is 3.04. The Bertz CT molecular complexity index is 206. The van der Waals surface area contributed by atoms with Gasteiger partial charge in [0, 0.05) is 0 Å². The molecule has 0 rings (SSSR count). The number of hydrogen-bond acceptors (Lipinski definition) is 2. The number of hydrogen-bond donors (Lipinski definition) is 2. The molecule has 4 nitrogen and oxygen atoms in total. The summed E-state index contributed by atoms with van der Waals surface area (Å²) < 4.78 is 0. The van der Waals surface area contributed by atoms with Gasteiger partial charge in [-0.2, -0.15) is 0 Å². The van der Waals surface area contributed by atoms with E-state index < -0.39 is 17.9 Å². The van der Waals surface area contributed by atoms with E-state index in [1.807, 2.05) is 19.1 Å². The van der Waals surface area contributed by atoms with Crippen molar-refractivity contribution in [3.05, 3.63) is 12.2 Å². The standard InChI is InChI=1S/C10H16O4/c1-2-3-4-5-6-7-8(9(11)12)10(13)14/h3-4,8H,2,5-7H2,1H3,(H,11,12)(H,13,14). The normalized spacial score (nSPS) is 11.0. The molecule has 4 heteroatoms. The van der Waals surface area contributed by atoms with Gasteiger partial charge in [0.2, 0.25) is 0 Å². The molecule has 0 aromatic rings. The van der Waals surface area contributed by atoms with Gasteiger partial charge in [-0.15, -0.1) is 0 Å². The van der Waals surface area contributed by atoms with Gasteiger partial charge in [0.05, 0.1) is 0 Å². The van der Waals surface area contributed by atoms with Crippen LogP contribution in [0.15, 0.2) is 12.2 Å². The molecule has 14 heavy (non-hydrogen) atoms. The molecule has 0 amide bonds. The van der Waals surface area contributed by atoms with Gasteiger partial charge in [0.25, 0.3) is 0 Å². The monoisotopic (exact) mass is 200 g/mol. The topological polar surface area (TPSA) is 74.6 Å². The smallest absolute Gasteiger partial charge is 0.317 e. The fourth-order valence-corrected chi connectivity index (χ4v) is 1.08. The average Bonchev–Trinajstić information content (AvgIpc) is 2.09. The molecule has 0 aliphatic heterocycles. The molecule has 0 fully saturated rings. The highest BCUT2D eigenvalue weighted by atomic mass is 16.4. The number of aliphatic carboxylic acids is 2. The van der Waals surface area contributed by atoms with Crippen molar-refractivity contribution in [1.29, 1.82) is 0 Å². The molecule has 0 bridgehead atoms. The third-order valence-corrected chi connectivity index (χ3v) is 1.86. The van der Waals surface area contributed by atoms with Crippen molar-refractivity contribution < 1.29 is 19.8 Å². The fraction of sp³-hybridized carbons (Fsp3) is 0.600. The van der Waals surface area contributed by atoms with E-state index in [2.05, 4.69) is 0 Å². The Kier molecular flexibility index (Phi) is 6.45. The van der Waals surface area contributed by atoms with Gasteiger partial charge in [0.1, 0.15) is 0 Å². The maximum atomic E-state index is 10.5. The minimum Gasteiger partial charge on any atom is -0.481 e. The van der Waals surface area contributed by atoms with Crippen LogP contribution in [0.25, 0.3) is 0 Å². The second kappa shape index (κ2) is 7.12. The number of allylic oxidation sites excluding steroid dienone is 2. The predicted octanol–water partition coefficient (Wildman–Crippen LogP) is 1.91.